The lowest BCUT2D eigenvalue weighted by Gasteiger charge is -2.17. The summed E-state index contributed by atoms with van der Waals surface area (Å²) in [7, 11) is 1.50. The summed E-state index contributed by atoms with van der Waals surface area (Å²) in [5.41, 5.74) is 0.525. The molecule has 0 radical (unpaired) electrons. The third-order valence-electron chi connectivity index (χ3n) is 3.64. The van der Waals surface area contributed by atoms with Crippen molar-refractivity contribution in [2.24, 2.45) is 5.92 Å². The van der Waals surface area contributed by atoms with Gasteiger partial charge in [-0.3, -0.25) is 19.4 Å². The first kappa shape index (κ1) is 15.0. The standard InChI is InChI=1S/C14H17N3O4/c1-15-13(19)11-6-5-8(7-16-11)12(18)17-10-4-2-3-9(10)14(20)21/h5-7,9-10H,2-4H2,1H3,(H,15,19)(H,17,18)(H,20,21)/t9-,10+/m0/s1. The number of rotatable bonds is 4. The number of carboxylic acid groups (broad SMARTS) is 1. The highest BCUT2D eigenvalue weighted by Crippen LogP contribution is 2.26. The predicted molar refractivity (Wildman–Crippen MR) is 73.9 cm³/mol. The van der Waals surface area contributed by atoms with Crippen LogP contribution in [-0.4, -0.2) is 41.0 Å². The normalized spacial score (nSPS) is 20.8. The second-order valence-corrected chi connectivity index (χ2v) is 4.97. The Hall–Kier alpha value is -2.44. The molecule has 1 saturated carbocycles. The van der Waals surface area contributed by atoms with E-state index in [4.69, 9.17) is 5.11 Å². The Balaban J connectivity index is 2.03. The van der Waals surface area contributed by atoms with Gasteiger partial charge in [-0.05, 0) is 25.0 Å². The van der Waals surface area contributed by atoms with E-state index < -0.39 is 11.9 Å². The minimum atomic E-state index is -0.883. The number of pyridine rings is 1. The van der Waals surface area contributed by atoms with Crippen LogP contribution in [0.4, 0.5) is 0 Å². The lowest BCUT2D eigenvalue weighted by molar-refractivity contribution is -0.142. The first-order valence-electron chi connectivity index (χ1n) is 6.74. The van der Waals surface area contributed by atoms with E-state index in [2.05, 4.69) is 15.6 Å². The summed E-state index contributed by atoms with van der Waals surface area (Å²) in [6.07, 6.45) is 3.33. The Morgan fingerprint density at radius 3 is 2.57 bits per heavy atom. The number of nitrogens with one attached hydrogen (secondary N) is 2. The van der Waals surface area contributed by atoms with E-state index >= 15 is 0 Å². The molecule has 0 unspecified atom stereocenters. The molecular weight excluding hydrogens is 274 g/mol. The van der Waals surface area contributed by atoms with Gasteiger partial charge in [0.1, 0.15) is 5.69 Å². The maximum absolute atomic E-state index is 12.1. The maximum Gasteiger partial charge on any atom is 0.308 e. The van der Waals surface area contributed by atoms with E-state index in [-0.39, 0.29) is 23.6 Å². The summed E-state index contributed by atoms with van der Waals surface area (Å²) in [5.74, 6) is -2.12. The molecule has 1 aromatic heterocycles. The number of hydrogen-bond donors (Lipinski definition) is 3. The zero-order valence-corrected chi connectivity index (χ0v) is 11.6. The number of nitrogens with zero attached hydrogens (tertiary/aromatic N) is 1. The molecule has 21 heavy (non-hydrogen) atoms. The Morgan fingerprint density at radius 2 is 2.00 bits per heavy atom. The molecule has 2 amide bonds. The van der Waals surface area contributed by atoms with Gasteiger partial charge >= 0.3 is 5.97 Å². The van der Waals surface area contributed by atoms with Crippen LogP contribution in [0.15, 0.2) is 18.3 Å². The number of amides is 2. The van der Waals surface area contributed by atoms with Gasteiger partial charge in [0, 0.05) is 19.3 Å². The van der Waals surface area contributed by atoms with Crippen molar-refractivity contribution >= 4 is 17.8 Å². The number of carbonyl (C=O) groups is 3. The van der Waals surface area contributed by atoms with E-state index in [0.29, 0.717) is 18.4 Å². The van der Waals surface area contributed by atoms with Gasteiger partial charge in [0.05, 0.1) is 11.5 Å². The average molecular weight is 291 g/mol. The van der Waals surface area contributed by atoms with Gasteiger partial charge < -0.3 is 15.7 Å². The summed E-state index contributed by atoms with van der Waals surface area (Å²) in [5, 5.41) is 14.3. The molecule has 1 aromatic rings. The topological polar surface area (TPSA) is 108 Å². The first-order chi connectivity index (χ1) is 10.0. The molecule has 7 heteroatoms. The van der Waals surface area contributed by atoms with Crippen molar-refractivity contribution in [2.45, 2.75) is 25.3 Å². The predicted octanol–water partition coefficient (Wildman–Crippen LogP) is 0.424. The molecule has 0 spiro atoms. The van der Waals surface area contributed by atoms with Crippen LogP contribution in [0.3, 0.4) is 0 Å². The van der Waals surface area contributed by atoms with Gasteiger partial charge in [0.2, 0.25) is 0 Å². The molecule has 112 valence electrons. The van der Waals surface area contributed by atoms with Crippen LogP contribution in [0.1, 0.15) is 40.1 Å². The quantitative estimate of drug-likeness (QED) is 0.745. The van der Waals surface area contributed by atoms with E-state index in [1.807, 2.05) is 0 Å². The molecule has 0 bridgehead atoms. The molecule has 0 aliphatic heterocycles. The van der Waals surface area contributed by atoms with Gasteiger partial charge in [-0.1, -0.05) is 6.42 Å². The first-order valence-corrected chi connectivity index (χ1v) is 6.74. The van der Waals surface area contributed by atoms with E-state index in [1.54, 1.807) is 0 Å². The molecule has 2 rings (SSSR count). The Kier molecular flexibility index (Phi) is 4.52. The van der Waals surface area contributed by atoms with Crippen molar-refractivity contribution in [1.29, 1.82) is 0 Å². The largest absolute Gasteiger partial charge is 0.481 e. The van der Waals surface area contributed by atoms with Crippen molar-refractivity contribution in [3.05, 3.63) is 29.6 Å². The van der Waals surface area contributed by atoms with Crippen molar-refractivity contribution in [2.75, 3.05) is 7.05 Å². The average Bonchev–Trinajstić information content (AvgIpc) is 2.95. The smallest absolute Gasteiger partial charge is 0.308 e. The highest BCUT2D eigenvalue weighted by Gasteiger charge is 2.34. The zero-order chi connectivity index (χ0) is 15.4. The highest BCUT2D eigenvalue weighted by molar-refractivity contribution is 5.96. The summed E-state index contributed by atoms with van der Waals surface area (Å²) < 4.78 is 0. The van der Waals surface area contributed by atoms with Gasteiger partial charge in [-0.25, -0.2) is 0 Å². The molecule has 7 nitrogen and oxygen atoms in total. The van der Waals surface area contributed by atoms with Crippen LogP contribution in [0, 0.1) is 5.92 Å². The lowest BCUT2D eigenvalue weighted by atomic mass is 10.0. The monoisotopic (exact) mass is 291 g/mol. The minimum Gasteiger partial charge on any atom is -0.481 e. The van der Waals surface area contributed by atoms with Crippen LogP contribution in [0.2, 0.25) is 0 Å². The maximum atomic E-state index is 12.1. The Labute approximate surface area is 121 Å². The van der Waals surface area contributed by atoms with Crippen LogP contribution >= 0.6 is 0 Å². The molecule has 1 aliphatic rings. The third-order valence-corrected chi connectivity index (χ3v) is 3.64. The Bertz CT molecular complexity index is 556. The number of hydrogen-bond acceptors (Lipinski definition) is 4. The van der Waals surface area contributed by atoms with E-state index in [9.17, 15) is 14.4 Å². The second kappa shape index (κ2) is 6.34. The van der Waals surface area contributed by atoms with Crippen LogP contribution in [0.5, 0.6) is 0 Å². The number of aliphatic carboxylic acids is 1. The molecule has 1 fully saturated rings. The van der Waals surface area contributed by atoms with Crippen LogP contribution < -0.4 is 10.6 Å². The van der Waals surface area contributed by atoms with Crippen molar-refractivity contribution in [3.63, 3.8) is 0 Å². The van der Waals surface area contributed by atoms with Gasteiger partial charge in [-0.15, -0.1) is 0 Å². The van der Waals surface area contributed by atoms with E-state index in [0.717, 1.165) is 6.42 Å². The molecular formula is C14H17N3O4. The van der Waals surface area contributed by atoms with Crippen molar-refractivity contribution in [3.8, 4) is 0 Å². The van der Waals surface area contributed by atoms with Gasteiger partial charge in [0.15, 0.2) is 0 Å². The fourth-order valence-corrected chi connectivity index (χ4v) is 2.47. The third kappa shape index (κ3) is 3.36. The summed E-state index contributed by atoms with van der Waals surface area (Å²) >= 11 is 0. The molecule has 0 saturated heterocycles. The molecule has 1 heterocycles. The Morgan fingerprint density at radius 1 is 1.24 bits per heavy atom. The summed E-state index contributed by atoms with van der Waals surface area (Å²) in [4.78, 5) is 38.4. The highest BCUT2D eigenvalue weighted by atomic mass is 16.4. The lowest BCUT2D eigenvalue weighted by Crippen LogP contribution is -2.40. The minimum absolute atomic E-state index is 0.221. The van der Waals surface area contributed by atoms with Crippen molar-refractivity contribution in [1.82, 2.24) is 15.6 Å². The van der Waals surface area contributed by atoms with Crippen molar-refractivity contribution < 1.29 is 19.5 Å². The summed E-state index contributed by atoms with van der Waals surface area (Å²) in [6.45, 7) is 0. The number of carbonyl (C=O) groups excluding carboxylic acids is 2. The van der Waals surface area contributed by atoms with Crippen LogP contribution in [-0.2, 0) is 4.79 Å². The van der Waals surface area contributed by atoms with E-state index in [1.165, 1.54) is 25.4 Å². The fraction of sp³-hybridized carbons (Fsp3) is 0.429. The number of aromatic nitrogens is 1. The molecule has 0 aromatic carbocycles. The molecule has 2 atom stereocenters. The van der Waals surface area contributed by atoms with Gasteiger partial charge in [0.25, 0.3) is 11.8 Å². The molecule has 3 N–H and O–H groups in total. The van der Waals surface area contributed by atoms with Crippen LogP contribution in [0.25, 0.3) is 0 Å². The molecule has 1 aliphatic carbocycles. The fourth-order valence-electron chi connectivity index (χ4n) is 2.47. The summed E-state index contributed by atoms with van der Waals surface area (Å²) in [6, 6.07) is 2.60. The SMILES string of the molecule is CNC(=O)c1ccc(C(=O)N[C@@H]2CCC[C@@H]2C(=O)O)cn1. The van der Waals surface area contributed by atoms with Gasteiger partial charge in [-0.2, -0.15) is 0 Å². The second-order valence-electron chi connectivity index (χ2n) is 4.97. The number of carboxylic acids is 1. The zero-order valence-electron chi connectivity index (χ0n) is 11.6.